The molecule has 1 saturated carbocycles. The van der Waals surface area contributed by atoms with Crippen molar-refractivity contribution in [1.29, 1.82) is 0 Å². The average Bonchev–Trinajstić information content (AvgIpc) is 3.44. The van der Waals surface area contributed by atoms with Crippen molar-refractivity contribution in [3.63, 3.8) is 0 Å². The fourth-order valence-corrected chi connectivity index (χ4v) is 6.26. The van der Waals surface area contributed by atoms with E-state index >= 15 is 4.39 Å². The van der Waals surface area contributed by atoms with Gasteiger partial charge < -0.3 is 9.30 Å². The minimum absolute atomic E-state index is 0.0262. The van der Waals surface area contributed by atoms with Crippen LogP contribution in [0.1, 0.15) is 41.5 Å². The summed E-state index contributed by atoms with van der Waals surface area (Å²) in [6, 6.07) is 11.8. The Morgan fingerprint density at radius 3 is 2.64 bits per heavy atom. The molecule has 5 rings (SSSR count). The molecule has 2 aromatic heterocycles. The number of rotatable bonds is 9. The summed E-state index contributed by atoms with van der Waals surface area (Å²) in [5, 5.41) is 7.31. The van der Waals surface area contributed by atoms with E-state index in [0.717, 1.165) is 45.9 Å². The third-order valence-electron chi connectivity index (χ3n) is 6.49. The number of carbonyl (C=O) groups is 1. The second-order valence-electron chi connectivity index (χ2n) is 9.29. The molecular formula is C27H24BrF2N3O4S2. The van der Waals surface area contributed by atoms with Crippen LogP contribution in [0.3, 0.4) is 0 Å². The van der Waals surface area contributed by atoms with Gasteiger partial charge in [0.1, 0.15) is 9.90 Å². The molecule has 1 aliphatic rings. The number of hydrogen-bond donors (Lipinski definition) is 1. The number of halogens is 3. The molecular weight excluding hydrogens is 612 g/mol. The number of benzene rings is 2. The van der Waals surface area contributed by atoms with Gasteiger partial charge in [-0.05, 0) is 61.9 Å². The van der Waals surface area contributed by atoms with Crippen LogP contribution in [-0.2, 0) is 27.7 Å². The van der Waals surface area contributed by atoms with Gasteiger partial charge in [0.2, 0.25) is 10.0 Å². The van der Waals surface area contributed by atoms with Crippen LogP contribution in [0.15, 0.2) is 57.2 Å². The number of ether oxygens (including phenoxy) is 1. The molecule has 0 spiro atoms. The highest BCUT2D eigenvalue weighted by Gasteiger charge is 2.29. The van der Waals surface area contributed by atoms with Gasteiger partial charge in [0.25, 0.3) is 0 Å². The predicted octanol–water partition coefficient (Wildman–Crippen LogP) is 6.14. The number of aromatic nitrogens is 2. The molecule has 2 aromatic carbocycles. The largest absolute Gasteiger partial charge is 0.461 e. The van der Waals surface area contributed by atoms with E-state index in [1.165, 1.54) is 17.4 Å². The lowest BCUT2D eigenvalue weighted by atomic mass is 10.1. The number of sulfonamides is 1. The van der Waals surface area contributed by atoms with Crippen LogP contribution in [-0.4, -0.2) is 30.5 Å². The average molecular weight is 637 g/mol. The zero-order valence-corrected chi connectivity index (χ0v) is 24.0. The van der Waals surface area contributed by atoms with E-state index in [0.29, 0.717) is 17.3 Å². The third-order valence-corrected chi connectivity index (χ3v) is 8.79. The number of nitrogens with zero attached hydrogens (tertiary/aromatic N) is 2. The maximum absolute atomic E-state index is 15.2. The molecule has 2 N–H and O–H groups in total. The molecule has 7 nitrogen and oxygen atoms in total. The number of hydrogen-bond acceptors (Lipinski definition) is 6. The van der Waals surface area contributed by atoms with Gasteiger partial charge in [-0.3, -0.25) is 0 Å². The highest BCUT2D eigenvalue weighted by Crippen LogP contribution is 2.41. The zero-order chi connectivity index (χ0) is 27.9. The van der Waals surface area contributed by atoms with E-state index in [-0.39, 0.29) is 24.4 Å². The standard InChI is InChI=1S/C27H24BrF2N3O4S2/c1-2-37-27(34)20-14-38-26(32-20)19-12-21(16-4-3-5-18(28)11-16)33(22(19)10-15-6-7-15)13-17-8-9-23(39(31,35)36)25(30)24(17)29/h3-5,8-9,11-12,14-15H,2,6-7,10,13H2,1H3,(H2,31,35,36). The molecule has 0 bridgehead atoms. The number of primary sulfonamides is 1. The SMILES string of the molecule is CCOC(=O)c1csc(-c2cc(-c3cccc(Br)c3)n(Cc3ccc(S(N)(=O)=O)c(F)c3F)c2CC2CC2)n1. The van der Waals surface area contributed by atoms with E-state index in [1.807, 2.05) is 34.9 Å². The predicted molar refractivity (Wildman–Crippen MR) is 148 cm³/mol. The quantitative estimate of drug-likeness (QED) is 0.222. The Morgan fingerprint density at radius 1 is 1.21 bits per heavy atom. The first-order valence-corrected chi connectivity index (χ1v) is 15.4. The smallest absolute Gasteiger partial charge is 0.357 e. The summed E-state index contributed by atoms with van der Waals surface area (Å²) in [6.07, 6.45) is 2.78. The molecule has 4 aromatic rings. The van der Waals surface area contributed by atoms with E-state index < -0.39 is 32.5 Å². The zero-order valence-electron chi connectivity index (χ0n) is 20.8. The second-order valence-corrected chi connectivity index (χ2v) is 12.6. The van der Waals surface area contributed by atoms with Crippen molar-refractivity contribution in [2.45, 2.75) is 37.6 Å². The maximum Gasteiger partial charge on any atom is 0.357 e. The lowest BCUT2D eigenvalue weighted by molar-refractivity contribution is 0.0520. The summed E-state index contributed by atoms with van der Waals surface area (Å²) in [4.78, 5) is 15.9. The van der Waals surface area contributed by atoms with Crippen LogP contribution < -0.4 is 5.14 Å². The van der Waals surface area contributed by atoms with Crippen LogP contribution >= 0.6 is 27.3 Å². The van der Waals surface area contributed by atoms with E-state index in [4.69, 9.17) is 9.88 Å². The van der Waals surface area contributed by atoms with E-state index in [1.54, 1.807) is 12.3 Å². The van der Waals surface area contributed by atoms with Gasteiger partial charge >= 0.3 is 5.97 Å². The van der Waals surface area contributed by atoms with Gasteiger partial charge in [-0.1, -0.05) is 34.1 Å². The van der Waals surface area contributed by atoms with Crippen LogP contribution in [0, 0.1) is 17.6 Å². The van der Waals surface area contributed by atoms with Gasteiger partial charge in [-0.2, -0.15) is 0 Å². The number of carbonyl (C=O) groups excluding carboxylic acids is 1. The molecule has 39 heavy (non-hydrogen) atoms. The van der Waals surface area contributed by atoms with Crippen molar-refractivity contribution in [3.05, 3.63) is 80.9 Å². The normalized spacial score (nSPS) is 13.6. The topological polar surface area (TPSA) is 104 Å². The van der Waals surface area contributed by atoms with Crippen LogP contribution in [0.25, 0.3) is 21.8 Å². The van der Waals surface area contributed by atoms with Gasteiger partial charge in [0, 0.05) is 32.4 Å². The van der Waals surface area contributed by atoms with Crippen molar-refractivity contribution in [2.75, 3.05) is 6.61 Å². The monoisotopic (exact) mass is 635 g/mol. The summed E-state index contributed by atoms with van der Waals surface area (Å²) in [7, 11) is -4.43. The Balaban J connectivity index is 1.68. The fraction of sp³-hybridized carbons (Fsp3) is 0.259. The van der Waals surface area contributed by atoms with Gasteiger partial charge in [-0.15, -0.1) is 11.3 Å². The molecule has 0 atom stereocenters. The minimum atomic E-state index is -4.43. The van der Waals surface area contributed by atoms with Crippen LogP contribution in [0.2, 0.25) is 0 Å². The minimum Gasteiger partial charge on any atom is -0.461 e. The Morgan fingerprint density at radius 2 is 1.97 bits per heavy atom. The molecule has 12 heteroatoms. The first-order valence-electron chi connectivity index (χ1n) is 12.2. The lowest BCUT2D eigenvalue weighted by Gasteiger charge is -2.16. The van der Waals surface area contributed by atoms with Crippen molar-refractivity contribution >= 4 is 43.3 Å². The Labute approximate surface area is 236 Å². The summed E-state index contributed by atoms with van der Waals surface area (Å²) >= 11 is 4.81. The molecule has 0 aliphatic heterocycles. The van der Waals surface area contributed by atoms with Crippen molar-refractivity contribution in [3.8, 4) is 21.8 Å². The first-order chi connectivity index (χ1) is 18.6. The van der Waals surface area contributed by atoms with Crippen LogP contribution in [0.4, 0.5) is 8.78 Å². The Bertz CT molecular complexity index is 1680. The molecule has 0 amide bonds. The molecule has 0 radical (unpaired) electrons. The van der Waals surface area contributed by atoms with Gasteiger partial charge in [0.05, 0.1) is 13.2 Å². The summed E-state index contributed by atoms with van der Waals surface area (Å²) in [6.45, 7) is 1.89. The van der Waals surface area contributed by atoms with Crippen molar-refractivity contribution in [2.24, 2.45) is 11.1 Å². The molecule has 204 valence electrons. The fourth-order valence-electron chi connectivity index (χ4n) is 4.44. The molecule has 2 heterocycles. The van der Waals surface area contributed by atoms with Gasteiger partial charge in [0.15, 0.2) is 17.3 Å². The Hall–Kier alpha value is -2.93. The Kier molecular flexibility index (Phi) is 7.73. The maximum atomic E-state index is 15.2. The number of thiazole rings is 1. The first kappa shape index (κ1) is 27.6. The molecule has 0 unspecified atom stereocenters. The van der Waals surface area contributed by atoms with Crippen LogP contribution in [0.5, 0.6) is 0 Å². The summed E-state index contributed by atoms with van der Waals surface area (Å²) in [5.41, 5.74) is 3.41. The summed E-state index contributed by atoms with van der Waals surface area (Å²) < 4.78 is 61.2. The van der Waals surface area contributed by atoms with E-state index in [9.17, 15) is 17.6 Å². The third kappa shape index (κ3) is 5.84. The van der Waals surface area contributed by atoms with Gasteiger partial charge in [-0.25, -0.2) is 32.1 Å². The number of esters is 1. The molecule has 1 fully saturated rings. The van der Waals surface area contributed by atoms with Crippen molar-refractivity contribution < 1.29 is 26.7 Å². The molecule has 1 aliphatic carbocycles. The molecule has 0 saturated heterocycles. The second kappa shape index (κ2) is 10.9. The van der Waals surface area contributed by atoms with E-state index in [2.05, 4.69) is 20.9 Å². The number of nitrogens with two attached hydrogens (primary N) is 1. The summed E-state index contributed by atoms with van der Waals surface area (Å²) in [5.74, 6) is -2.85. The lowest BCUT2D eigenvalue weighted by Crippen LogP contribution is -2.16. The van der Waals surface area contributed by atoms with Crippen molar-refractivity contribution in [1.82, 2.24) is 9.55 Å². The highest BCUT2D eigenvalue weighted by molar-refractivity contribution is 9.10. The highest BCUT2D eigenvalue weighted by atomic mass is 79.9.